The monoisotopic (exact) mass is 514 g/mol. The topological polar surface area (TPSA) is 95.0 Å². The van der Waals surface area contributed by atoms with Crippen molar-refractivity contribution >= 4 is 23.4 Å². The Morgan fingerprint density at radius 2 is 1.84 bits per heavy atom. The van der Waals surface area contributed by atoms with Crippen molar-refractivity contribution in [1.29, 1.82) is 0 Å². The number of halogens is 1. The fraction of sp³-hybridized carbons (Fsp3) is 0.357. The molecule has 38 heavy (non-hydrogen) atoms. The first kappa shape index (κ1) is 24.1. The molecule has 10 heteroatoms. The third-order valence-electron chi connectivity index (χ3n) is 7.48. The molecule has 1 amide bonds. The zero-order valence-corrected chi connectivity index (χ0v) is 22.0. The van der Waals surface area contributed by atoms with Crippen molar-refractivity contribution < 1.29 is 9.18 Å². The number of H-pyrrole nitrogens is 1. The number of alkyl halides is 1. The van der Waals surface area contributed by atoms with E-state index >= 15 is 0 Å². The number of nitrogens with one attached hydrogen (secondary N) is 2. The highest BCUT2D eigenvalue weighted by molar-refractivity contribution is 5.94. The van der Waals surface area contributed by atoms with Crippen LogP contribution in [0.1, 0.15) is 42.5 Å². The number of anilines is 3. The summed E-state index contributed by atoms with van der Waals surface area (Å²) in [7, 11) is 1.91. The van der Waals surface area contributed by atoms with Crippen LogP contribution in [0.3, 0.4) is 0 Å². The van der Waals surface area contributed by atoms with E-state index in [1.807, 2.05) is 54.2 Å². The van der Waals surface area contributed by atoms with Crippen LogP contribution in [0.2, 0.25) is 0 Å². The SMILES string of the molecule is Cn1c(C(=O)N2CC(C)(F)C2)cc2c1CN(c1nccc(Nc3ccc(-c4cn[nH]c4)cc3)n1)CC2(C)C. The molecule has 2 aliphatic rings. The van der Waals surface area contributed by atoms with Gasteiger partial charge >= 0.3 is 0 Å². The van der Waals surface area contributed by atoms with Gasteiger partial charge in [-0.05, 0) is 42.3 Å². The first-order chi connectivity index (χ1) is 18.1. The minimum Gasteiger partial charge on any atom is -0.342 e. The summed E-state index contributed by atoms with van der Waals surface area (Å²) < 4.78 is 16.0. The number of benzene rings is 1. The van der Waals surface area contributed by atoms with Crippen molar-refractivity contribution in [2.24, 2.45) is 7.05 Å². The summed E-state index contributed by atoms with van der Waals surface area (Å²) in [6.45, 7) is 7.41. The molecule has 0 atom stereocenters. The number of carbonyl (C=O) groups excluding carboxylic acids is 1. The van der Waals surface area contributed by atoms with Gasteiger partial charge in [-0.25, -0.2) is 9.37 Å². The fourth-order valence-electron chi connectivity index (χ4n) is 5.49. The van der Waals surface area contributed by atoms with Gasteiger partial charge in [0.1, 0.15) is 17.2 Å². The van der Waals surface area contributed by atoms with Gasteiger partial charge in [-0.2, -0.15) is 10.1 Å². The molecule has 2 N–H and O–H groups in total. The maximum absolute atomic E-state index is 14.0. The quantitative estimate of drug-likeness (QED) is 0.409. The number of nitrogens with zero attached hydrogens (tertiary/aromatic N) is 6. The Kier molecular flexibility index (Phi) is 5.51. The highest BCUT2D eigenvalue weighted by Gasteiger charge is 2.44. The lowest BCUT2D eigenvalue weighted by molar-refractivity contribution is -0.00847. The van der Waals surface area contributed by atoms with Gasteiger partial charge in [0.15, 0.2) is 0 Å². The Morgan fingerprint density at radius 1 is 1.08 bits per heavy atom. The van der Waals surface area contributed by atoms with Gasteiger partial charge in [-0.1, -0.05) is 26.0 Å². The average molecular weight is 515 g/mol. The molecule has 0 radical (unpaired) electrons. The Morgan fingerprint density at radius 3 is 2.53 bits per heavy atom. The lowest BCUT2D eigenvalue weighted by Gasteiger charge is -2.42. The van der Waals surface area contributed by atoms with Gasteiger partial charge < -0.3 is 19.7 Å². The van der Waals surface area contributed by atoms with Gasteiger partial charge in [-0.15, -0.1) is 0 Å². The van der Waals surface area contributed by atoms with Gasteiger partial charge in [0.05, 0.1) is 25.8 Å². The molecule has 0 saturated carbocycles. The molecule has 9 nitrogen and oxygen atoms in total. The van der Waals surface area contributed by atoms with Crippen LogP contribution in [0.15, 0.2) is 55.0 Å². The molecule has 0 unspecified atom stereocenters. The van der Waals surface area contributed by atoms with Gasteiger partial charge in [-0.3, -0.25) is 9.89 Å². The highest BCUT2D eigenvalue weighted by Crippen LogP contribution is 2.37. The summed E-state index contributed by atoms with van der Waals surface area (Å²) in [4.78, 5) is 26.2. The highest BCUT2D eigenvalue weighted by atomic mass is 19.1. The van der Waals surface area contributed by atoms with Gasteiger partial charge in [0.25, 0.3) is 5.91 Å². The first-order valence-electron chi connectivity index (χ1n) is 12.7. The molecule has 0 aliphatic carbocycles. The van der Waals surface area contributed by atoms with Gasteiger partial charge in [0.2, 0.25) is 5.95 Å². The van der Waals surface area contributed by atoms with Crippen LogP contribution in [0.25, 0.3) is 11.1 Å². The fourth-order valence-corrected chi connectivity index (χ4v) is 5.49. The Labute approximate surface area is 220 Å². The standard InChI is InChI=1S/C28H31FN8O/c1-27(2)15-36(14-23-21(27)11-22(35(23)4)25(38)37-16-28(3,29)17-37)26-30-10-9-24(34-26)33-20-7-5-18(6-8-20)19-12-31-32-13-19/h5-13H,14-17H2,1-4H3,(H,31,32)(H,30,33,34). The van der Waals surface area contributed by atoms with E-state index in [4.69, 9.17) is 4.98 Å². The molecule has 6 rings (SSSR count). The normalized spacial score (nSPS) is 17.6. The summed E-state index contributed by atoms with van der Waals surface area (Å²) >= 11 is 0. The van der Waals surface area contributed by atoms with Crippen LogP contribution < -0.4 is 10.2 Å². The summed E-state index contributed by atoms with van der Waals surface area (Å²) in [5.74, 6) is 1.19. The number of hydrogen-bond donors (Lipinski definition) is 2. The second-order valence-electron chi connectivity index (χ2n) is 11.2. The first-order valence-corrected chi connectivity index (χ1v) is 12.7. The van der Waals surface area contributed by atoms with Crippen LogP contribution in [0.5, 0.6) is 0 Å². The van der Waals surface area contributed by atoms with Crippen molar-refractivity contribution in [3.05, 3.63) is 71.9 Å². The number of aromatic amines is 1. The third kappa shape index (κ3) is 4.29. The number of likely N-dealkylation sites (tertiary alicyclic amines) is 1. The number of rotatable bonds is 5. The molecule has 1 saturated heterocycles. The van der Waals surface area contributed by atoms with Crippen molar-refractivity contribution in [3.63, 3.8) is 0 Å². The Bertz CT molecular complexity index is 1480. The minimum absolute atomic E-state index is 0.124. The van der Waals surface area contributed by atoms with E-state index in [-0.39, 0.29) is 24.4 Å². The maximum atomic E-state index is 14.0. The summed E-state index contributed by atoms with van der Waals surface area (Å²) in [6, 6.07) is 11.9. The second-order valence-corrected chi connectivity index (χ2v) is 11.2. The van der Waals surface area contributed by atoms with E-state index in [9.17, 15) is 9.18 Å². The van der Waals surface area contributed by atoms with Crippen LogP contribution in [0, 0.1) is 0 Å². The molecule has 3 aromatic heterocycles. The van der Waals surface area contributed by atoms with Crippen molar-refractivity contribution in [3.8, 4) is 11.1 Å². The van der Waals surface area contributed by atoms with Crippen LogP contribution in [-0.4, -0.2) is 60.8 Å². The van der Waals surface area contributed by atoms with E-state index in [1.54, 1.807) is 17.3 Å². The number of carbonyl (C=O) groups is 1. The number of amides is 1. The van der Waals surface area contributed by atoms with E-state index in [0.717, 1.165) is 28.1 Å². The van der Waals surface area contributed by atoms with E-state index in [1.165, 1.54) is 6.92 Å². The largest absolute Gasteiger partial charge is 0.342 e. The predicted octanol–water partition coefficient (Wildman–Crippen LogP) is 4.43. The van der Waals surface area contributed by atoms with E-state index < -0.39 is 5.67 Å². The smallest absolute Gasteiger partial charge is 0.270 e. The maximum Gasteiger partial charge on any atom is 0.270 e. The summed E-state index contributed by atoms with van der Waals surface area (Å²) in [5.41, 5.74) is 4.27. The lowest BCUT2D eigenvalue weighted by atomic mass is 9.81. The molecule has 0 spiro atoms. The second kappa shape index (κ2) is 8.68. The van der Waals surface area contributed by atoms with Crippen LogP contribution in [-0.2, 0) is 19.0 Å². The Hall–Kier alpha value is -4.21. The van der Waals surface area contributed by atoms with E-state index in [2.05, 4.69) is 39.2 Å². The molecule has 0 bridgehead atoms. The molecule has 196 valence electrons. The molecule has 5 heterocycles. The Balaban J connectivity index is 1.22. The molecule has 1 aromatic carbocycles. The summed E-state index contributed by atoms with van der Waals surface area (Å²) in [5, 5.41) is 10.2. The average Bonchev–Trinajstić information content (AvgIpc) is 3.52. The molecule has 4 aromatic rings. The zero-order chi connectivity index (χ0) is 26.7. The van der Waals surface area contributed by atoms with Crippen LogP contribution >= 0.6 is 0 Å². The molecule has 1 fully saturated rings. The number of aromatic nitrogens is 5. The minimum atomic E-state index is -1.30. The van der Waals surface area contributed by atoms with Crippen molar-refractivity contribution in [1.82, 2.24) is 29.6 Å². The lowest BCUT2D eigenvalue weighted by Crippen LogP contribution is -2.59. The van der Waals surface area contributed by atoms with Crippen molar-refractivity contribution in [2.75, 3.05) is 29.9 Å². The summed E-state index contributed by atoms with van der Waals surface area (Å²) in [6.07, 6.45) is 5.41. The van der Waals surface area contributed by atoms with Crippen molar-refractivity contribution in [2.45, 2.75) is 38.4 Å². The number of hydrogen-bond acceptors (Lipinski definition) is 6. The molecule has 2 aliphatic heterocycles. The third-order valence-corrected chi connectivity index (χ3v) is 7.48. The zero-order valence-electron chi connectivity index (χ0n) is 22.0. The predicted molar refractivity (Wildman–Crippen MR) is 144 cm³/mol. The number of fused-ring (bicyclic) bond motifs is 1. The van der Waals surface area contributed by atoms with Gasteiger partial charge in [0, 0.05) is 48.3 Å². The molecular weight excluding hydrogens is 483 g/mol. The van der Waals surface area contributed by atoms with E-state index in [0.29, 0.717) is 30.5 Å². The molecular formula is C28H31FN8O. The van der Waals surface area contributed by atoms with Crippen LogP contribution in [0.4, 0.5) is 21.8 Å².